The van der Waals surface area contributed by atoms with Gasteiger partial charge in [-0.1, -0.05) is 163 Å². The monoisotopic (exact) mass is 696 g/mol. The number of hydrogen-bond donors (Lipinski definition) is 1. The van der Waals surface area contributed by atoms with Crippen LogP contribution in [0.5, 0.6) is 0 Å². The Morgan fingerprint density at radius 2 is 0.980 bits per heavy atom. The topological polar surface area (TPSA) is 66.4 Å². The summed E-state index contributed by atoms with van der Waals surface area (Å²) in [4.78, 5) is 0. The summed E-state index contributed by atoms with van der Waals surface area (Å²) in [7, 11) is -6.15. The van der Waals surface area contributed by atoms with Crippen LogP contribution in [0.4, 0.5) is 0 Å². The second-order valence-electron chi connectivity index (χ2n) is 16.0. The third-order valence-electron chi connectivity index (χ3n) is 10.2. The van der Waals surface area contributed by atoms with Gasteiger partial charge in [-0.25, -0.2) is 0 Å². The molecule has 2 aliphatic heterocycles. The maximum absolute atomic E-state index is 11.6. The Kier molecular flexibility index (Phi) is 9.76. The molecule has 0 radical (unpaired) electrons. The first-order valence-electron chi connectivity index (χ1n) is 17.4. The Balaban J connectivity index is 1.52. The van der Waals surface area contributed by atoms with Crippen molar-refractivity contribution in [1.29, 1.82) is 0 Å². The molecule has 0 unspecified atom stereocenters. The molecule has 0 aromatic heterocycles. The van der Waals surface area contributed by atoms with Crippen molar-refractivity contribution >= 4 is 37.4 Å². The van der Waals surface area contributed by atoms with E-state index < -0.39 is 46.5 Å². The largest absolute Gasteiger partial charge is 0.404 e. The summed E-state index contributed by atoms with van der Waals surface area (Å²) >= 11 is 0. The molecule has 2 fully saturated rings. The summed E-state index contributed by atoms with van der Waals surface area (Å²) in [5, 5.41) is 15.6. The van der Waals surface area contributed by atoms with Gasteiger partial charge in [-0.05, 0) is 44.7 Å². The average molecular weight is 697 g/mol. The number of ether oxygens (including phenoxy) is 3. The van der Waals surface area contributed by atoms with Crippen molar-refractivity contribution in [1.82, 2.24) is 0 Å². The van der Waals surface area contributed by atoms with Crippen LogP contribution in [0.2, 0.25) is 10.1 Å². The molecular weight excluding hydrogens is 645 g/mol. The molecule has 0 aliphatic carbocycles. The molecule has 0 spiro atoms. The smallest absolute Gasteiger partial charge is 0.261 e. The normalized spacial score (nSPS) is 24.1. The number of benzene rings is 4. The first-order valence-corrected chi connectivity index (χ1v) is 21.2. The molecule has 4 atom stereocenters. The second kappa shape index (κ2) is 13.3. The highest BCUT2D eigenvalue weighted by atomic mass is 28.4. The van der Waals surface area contributed by atoms with Crippen molar-refractivity contribution in [2.24, 2.45) is 0 Å². The van der Waals surface area contributed by atoms with E-state index in [4.69, 9.17) is 23.1 Å². The lowest BCUT2D eigenvalue weighted by Gasteiger charge is -2.49. The van der Waals surface area contributed by atoms with Crippen LogP contribution in [0.15, 0.2) is 121 Å². The minimum Gasteiger partial charge on any atom is -0.404 e. The fourth-order valence-corrected chi connectivity index (χ4v) is 17.3. The second-order valence-corrected chi connectivity index (χ2v) is 24.5. The van der Waals surface area contributed by atoms with Crippen LogP contribution in [-0.4, -0.2) is 64.8 Å². The Morgan fingerprint density at radius 1 is 0.592 bits per heavy atom. The van der Waals surface area contributed by atoms with Gasteiger partial charge in [0, 0.05) is 0 Å². The summed E-state index contributed by atoms with van der Waals surface area (Å²) in [5.41, 5.74) is -1.29. The lowest BCUT2D eigenvalue weighted by molar-refractivity contribution is -0.249. The predicted octanol–water partition coefficient (Wildman–Crippen LogP) is 5.75. The van der Waals surface area contributed by atoms with Gasteiger partial charge in [-0.3, -0.25) is 0 Å². The van der Waals surface area contributed by atoms with Crippen LogP contribution >= 0.6 is 0 Å². The number of rotatable bonds is 10. The predicted molar refractivity (Wildman–Crippen MR) is 201 cm³/mol. The van der Waals surface area contributed by atoms with E-state index in [1.807, 2.05) is 38.1 Å². The number of aliphatic hydroxyl groups excluding tert-OH is 1. The van der Waals surface area contributed by atoms with Crippen molar-refractivity contribution in [2.45, 2.75) is 95.4 Å². The summed E-state index contributed by atoms with van der Waals surface area (Å²) in [5.74, 6) is -0.886. The van der Waals surface area contributed by atoms with Crippen LogP contribution in [0.25, 0.3) is 0 Å². The van der Waals surface area contributed by atoms with Crippen molar-refractivity contribution in [3.8, 4) is 0 Å². The number of fused-ring (bicyclic) bond motifs is 1. The van der Waals surface area contributed by atoms with Gasteiger partial charge >= 0.3 is 0 Å². The quantitative estimate of drug-likeness (QED) is 0.213. The molecular formula is C41H52O6Si2. The fourth-order valence-electron chi connectivity index (χ4n) is 7.99. The van der Waals surface area contributed by atoms with Crippen LogP contribution in [0.1, 0.15) is 55.4 Å². The summed E-state index contributed by atoms with van der Waals surface area (Å²) in [6, 6.07) is 42.1. The molecule has 4 aromatic rings. The zero-order valence-corrected chi connectivity index (χ0v) is 32.2. The van der Waals surface area contributed by atoms with Gasteiger partial charge in [0.2, 0.25) is 0 Å². The molecule has 8 heteroatoms. The van der Waals surface area contributed by atoms with E-state index in [-0.39, 0.29) is 23.3 Å². The highest BCUT2D eigenvalue weighted by molar-refractivity contribution is 7.00. The SMILES string of the molecule is CC1(C)O[C@H]2O[C@](CO)(CO[Si](c3ccccc3)(c3ccccc3)C(C)(C)C)[C@H](O[Si](c3ccccc3)(c3ccccc3)C(C)(C)C)[C@H]2O1. The summed E-state index contributed by atoms with van der Waals surface area (Å²) < 4.78 is 35.2. The van der Waals surface area contributed by atoms with Crippen molar-refractivity contribution < 1.29 is 28.2 Å². The molecule has 4 aromatic carbocycles. The highest BCUT2D eigenvalue weighted by Gasteiger charge is 2.67. The number of aliphatic hydroxyl groups is 1. The molecule has 2 aliphatic rings. The lowest BCUT2D eigenvalue weighted by Crippen LogP contribution is -2.72. The van der Waals surface area contributed by atoms with Gasteiger partial charge in [-0.2, -0.15) is 0 Å². The lowest BCUT2D eigenvalue weighted by atomic mass is 9.97. The Morgan fingerprint density at radius 3 is 1.35 bits per heavy atom. The van der Waals surface area contributed by atoms with Gasteiger partial charge in [0.25, 0.3) is 16.6 Å². The van der Waals surface area contributed by atoms with Crippen LogP contribution in [-0.2, 0) is 23.1 Å². The molecule has 2 saturated heterocycles. The summed E-state index contributed by atoms with van der Waals surface area (Å²) in [6.07, 6.45) is -2.05. The Hall–Kier alpha value is -2.93. The van der Waals surface area contributed by atoms with Gasteiger partial charge in [-0.15, -0.1) is 0 Å². The van der Waals surface area contributed by atoms with Crippen molar-refractivity contribution in [3.05, 3.63) is 121 Å². The standard InChI is InChI=1S/C41H52O6Si2/c1-38(2,3)48(31-21-13-9-14-22-31,32-23-15-10-16-24-32)43-30-41(29-42)36(35-37(46-41)45-40(7,8)44-35)47-49(39(4,5)6,33-25-17-11-18-26-33)34-27-19-12-20-28-34/h9-28,35-37,42H,29-30H2,1-8H3/t35-,36-,37+,41-/m1/s1. The molecule has 260 valence electrons. The molecule has 1 N–H and O–H groups in total. The van der Waals surface area contributed by atoms with Gasteiger partial charge in [0.05, 0.1) is 13.2 Å². The van der Waals surface area contributed by atoms with E-state index in [0.29, 0.717) is 0 Å². The van der Waals surface area contributed by atoms with Crippen LogP contribution in [0.3, 0.4) is 0 Å². The summed E-state index contributed by atoms with van der Waals surface area (Å²) in [6.45, 7) is 17.0. The maximum Gasteiger partial charge on any atom is 0.261 e. The third-order valence-corrected chi connectivity index (χ3v) is 20.2. The molecule has 49 heavy (non-hydrogen) atoms. The zero-order chi connectivity index (χ0) is 35.1. The van der Waals surface area contributed by atoms with Gasteiger partial charge in [0.1, 0.15) is 17.8 Å². The van der Waals surface area contributed by atoms with E-state index in [9.17, 15) is 5.11 Å². The zero-order valence-electron chi connectivity index (χ0n) is 30.2. The fraction of sp³-hybridized carbons (Fsp3) is 0.415. The molecule has 0 amide bonds. The maximum atomic E-state index is 11.6. The molecule has 0 bridgehead atoms. The first kappa shape index (κ1) is 35.9. The highest BCUT2D eigenvalue weighted by Crippen LogP contribution is 2.48. The van der Waals surface area contributed by atoms with Gasteiger partial charge in [0.15, 0.2) is 12.1 Å². The van der Waals surface area contributed by atoms with Gasteiger partial charge < -0.3 is 28.2 Å². The average Bonchev–Trinajstić information content (AvgIpc) is 3.52. The van der Waals surface area contributed by atoms with Crippen LogP contribution in [0, 0.1) is 0 Å². The van der Waals surface area contributed by atoms with E-state index >= 15 is 0 Å². The molecule has 6 nitrogen and oxygen atoms in total. The van der Waals surface area contributed by atoms with E-state index in [1.165, 1.54) is 0 Å². The molecule has 2 heterocycles. The third kappa shape index (κ3) is 6.32. The number of hydrogen-bond acceptors (Lipinski definition) is 6. The van der Waals surface area contributed by atoms with E-state index in [1.54, 1.807) is 0 Å². The minimum atomic E-state index is -3.14. The van der Waals surface area contributed by atoms with E-state index in [2.05, 4.69) is 139 Å². The molecule has 6 rings (SSSR count). The minimum absolute atomic E-state index is 0.0831. The Bertz CT molecular complexity index is 1590. The first-order chi connectivity index (χ1) is 23.2. The Labute approximate surface area is 294 Å². The van der Waals surface area contributed by atoms with Crippen molar-refractivity contribution in [3.63, 3.8) is 0 Å². The molecule has 0 saturated carbocycles. The van der Waals surface area contributed by atoms with Crippen LogP contribution < -0.4 is 20.7 Å². The van der Waals surface area contributed by atoms with Crippen molar-refractivity contribution in [2.75, 3.05) is 13.2 Å². The van der Waals surface area contributed by atoms with E-state index in [0.717, 1.165) is 20.7 Å².